The average Bonchev–Trinajstić information content (AvgIpc) is 2.81. The predicted molar refractivity (Wildman–Crippen MR) is 77.1 cm³/mol. The summed E-state index contributed by atoms with van der Waals surface area (Å²) in [6, 6.07) is -0.000920. The number of nitrogens with zero attached hydrogens (tertiary/aromatic N) is 3. The third-order valence-electron chi connectivity index (χ3n) is 3.67. The molecule has 0 saturated carbocycles. The van der Waals surface area contributed by atoms with Crippen molar-refractivity contribution in [3.8, 4) is 0 Å². The van der Waals surface area contributed by atoms with Crippen molar-refractivity contribution in [2.75, 3.05) is 29.2 Å². The molecule has 0 radical (unpaired) electrons. The summed E-state index contributed by atoms with van der Waals surface area (Å²) in [7, 11) is -0.985. The van der Waals surface area contributed by atoms with Crippen molar-refractivity contribution in [1.82, 2.24) is 9.78 Å². The van der Waals surface area contributed by atoms with E-state index < -0.39 is 9.84 Å². The van der Waals surface area contributed by atoms with Crippen molar-refractivity contribution >= 4 is 21.3 Å². The zero-order valence-electron chi connectivity index (χ0n) is 11.8. The van der Waals surface area contributed by atoms with Gasteiger partial charge in [0.25, 0.3) is 0 Å². The van der Waals surface area contributed by atoms with Gasteiger partial charge in [-0.2, -0.15) is 5.10 Å². The highest BCUT2D eigenvalue weighted by atomic mass is 32.2. The van der Waals surface area contributed by atoms with Crippen LogP contribution in [0.1, 0.15) is 25.5 Å². The maximum Gasteiger partial charge on any atom is 0.152 e. The van der Waals surface area contributed by atoms with Gasteiger partial charge in [-0.15, -0.1) is 0 Å². The van der Waals surface area contributed by atoms with Gasteiger partial charge >= 0.3 is 0 Å². The Morgan fingerprint density at radius 1 is 1.53 bits per heavy atom. The van der Waals surface area contributed by atoms with Crippen LogP contribution in [0.25, 0.3) is 0 Å². The fourth-order valence-electron chi connectivity index (χ4n) is 2.58. The molecular weight excluding hydrogens is 264 g/mol. The number of rotatable bonds is 4. The van der Waals surface area contributed by atoms with Gasteiger partial charge in [-0.25, -0.2) is 13.1 Å². The van der Waals surface area contributed by atoms with E-state index in [1.165, 1.54) is 0 Å². The Morgan fingerprint density at radius 2 is 2.21 bits per heavy atom. The molecule has 0 bridgehead atoms. The summed E-state index contributed by atoms with van der Waals surface area (Å²) in [5.41, 5.74) is 7.55. The topological polar surface area (TPSA) is 81.2 Å². The van der Waals surface area contributed by atoms with Crippen LogP contribution in [0.5, 0.6) is 0 Å². The molecule has 1 saturated heterocycles. The molecule has 6 nitrogen and oxygen atoms in total. The molecule has 0 amide bonds. The van der Waals surface area contributed by atoms with Gasteiger partial charge in [0.05, 0.1) is 22.9 Å². The summed E-state index contributed by atoms with van der Waals surface area (Å²) >= 11 is 0. The smallest absolute Gasteiger partial charge is 0.152 e. The minimum atomic E-state index is -2.89. The molecule has 1 aromatic rings. The molecule has 1 unspecified atom stereocenters. The van der Waals surface area contributed by atoms with Gasteiger partial charge in [0.2, 0.25) is 0 Å². The maximum absolute atomic E-state index is 11.6. The number of sulfone groups is 1. The molecule has 7 heteroatoms. The van der Waals surface area contributed by atoms with Crippen LogP contribution in [0.3, 0.4) is 0 Å². The van der Waals surface area contributed by atoms with Crippen LogP contribution in [-0.2, 0) is 16.4 Å². The second-order valence-corrected chi connectivity index (χ2v) is 7.44. The van der Waals surface area contributed by atoms with Gasteiger partial charge in [-0.3, -0.25) is 0 Å². The van der Waals surface area contributed by atoms with Crippen molar-refractivity contribution in [1.29, 1.82) is 0 Å². The molecule has 0 aliphatic carbocycles. The Morgan fingerprint density at radius 3 is 2.74 bits per heavy atom. The summed E-state index contributed by atoms with van der Waals surface area (Å²) in [5, 5.41) is 4.43. The number of hydrogen-bond donors (Lipinski definition) is 1. The first-order chi connectivity index (χ1) is 8.85. The maximum atomic E-state index is 11.6. The molecule has 1 aliphatic heterocycles. The fraction of sp³-hybridized carbons (Fsp3) is 0.750. The van der Waals surface area contributed by atoms with Crippen molar-refractivity contribution in [3.05, 3.63) is 5.69 Å². The molecule has 108 valence electrons. The average molecular weight is 286 g/mol. The lowest BCUT2D eigenvalue weighted by molar-refractivity contribution is 0.574. The fourth-order valence-corrected chi connectivity index (χ4v) is 4.35. The zero-order valence-corrected chi connectivity index (χ0v) is 12.6. The number of nitrogen functional groups attached to an aromatic ring is 1. The van der Waals surface area contributed by atoms with Crippen LogP contribution >= 0.6 is 0 Å². The monoisotopic (exact) mass is 286 g/mol. The van der Waals surface area contributed by atoms with Crippen LogP contribution in [0.2, 0.25) is 0 Å². The lowest BCUT2D eigenvalue weighted by atomic mass is 10.2. The Kier molecular flexibility index (Phi) is 3.75. The zero-order chi connectivity index (χ0) is 14.2. The Labute approximate surface area is 114 Å². The summed E-state index contributed by atoms with van der Waals surface area (Å²) in [4.78, 5) is 1.98. The first-order valence-electron chi connectivity index (χ1n) is 6.62. The van der Waals surface area contributed by atoms with E-state index in [4.69, 9.17) is 5.73 Å². The molecule has 19 heavy (non-hydrogen) atoms. The third kappa shape index (κ3) is 2.70. The summed E-state index contributed by atoms with van der Waals surface area (Å²) in [6.07, 6.45) is 1.62. The van der Waals surface area contributed by atoms with E-state index in [0.717, 1.165) is 24.5 Å². The number of aromatic nitrogens is 2. The minimum absolute atomic E-state index is 0.000920. The van der Waals surface area contributed by atoms with Gasteiger partial charge in [0.15, 0.2) is 15.7 Å². The molecule has 1 fully saturated rings. The molecule has 0 aromatic carbocycles. The molecule has 2 N–H and O–H groups in total. The second kappa shape index (κ2) is 5.03. The van der Waals surface area contributed by atoms with E-state index in [0.29, 0.717) is 12.1 Å². The highest BCUT2D eigenvalue weighted by Gasteiger charge is 2.33. The van der Waals surface area contributed by atoms with Crippen LogP contribution in [0.15, 0.2) is 0 Å². The molecule has 2 rings (SSSR count). The van der Waals surface area contributed by atoms with Crippen LogP contribution < -0.4 is 10.6 Å². The summed E-state index contributed by atoms with van der Waals surface area (Å²) in [6.45, 7) is 4.75. The Bertz CT molecular complexity index is 565. The van der Waals surface area contributed by atoms with Gasteiger partial charge in [-0.05, 0) is 19.8 Å². The van der Waals surface area contributed by atoms with E-state index in [2.05, 4.69) is 12.0 Å². The van der Waals surface area contributed by atoms with Crippen molar-refractivity contribution in [2.45, 2.75) is 39.3 Å². The quantitative estimate of drug-likeness (QED) is 0.885. The van der Waals surface area contributed by atoms with Crippen LogP contribution in [0.4, 0.5) is 11.5 Å². The molecule has 1 aromatic heterocycles. The summed E-state index contributed by atoms with van der Waals surface area (Å²) in [5.74, 6) is 1.32. The van der Waals surface area contributed by atoms with Crippen LogP contribution in [-0.4, -0.2) is 42.8 Å². The van der Waals surface area contributed by atoms with Gasteiger partial charge in [0.1, 0.15) is 0 Å². The standard InChI is InChI=1S/C12H22N4O2S/c1-4-6-16-12(11(13)9(2)14-16)15(3)10-5-7-19(17,18)8-10/h10H,4-8,13H2,1-3H3. The Balaban J connectivity index is 2.30. The number of nitrogens with two attached hydrogens (primary N) is 1. The SMILES string of the molecule is CCCn1nc(C)c(N)c1N(C)C1CCS(=O)(=O)C1. The van der Waals surface area contributed by atoms with Crippen molar-refractivity contribution in [3.63, 3.8) is 0 Å². The van der Waals surface area contributed by atoms with E-state index >= 15 is 0 Å². The minimum Gasteiger partial charge on any atom is -0.394 e. The molecule has 1 atom stereocenters. The van der Waals surface area contributed by atoms with E-state index in [-0.39, 0.29) is 17.5 Å². The first-order valence-corrected chi connectivity index (χ1v) is 8.44. The van der Waals surface area contributed by atoms with Gasteiger partial charge < -0.3 is 10.6 Å². The van der Waals surface area contributed by atoms with Crippen molar-refractivity contribution in [2.24, 2.45) is 0 Å². The number of anilines is 2. The third-order valence-corrected chi connectivity index (χ3v) is 5.42. The Hall–Kier alpha value is -1.24. The lowest BCUT2D eigenvalue weighted by Crippen LogP contribution is -2.34. The van der Waals surface area contributed by atoms with E-state index in [1.807, 2.05) is 23.6 Å². The summed E-state index contributed by atoms with van der Waals surface area (Å²) < 4.78 is 25.1. The normalized spacial score (nSPS) is 21.7. The number of hydrogen-bond acceptors (Lipinski definition) is 5. The van der Waals surface area contributed by atoms with Gasteiger partial charge in [-0.1, -0.05) is 6.92 Å². The largest absolute Gasteiger partial charge is 0.394 e. The highest BCUT2D eigenvalue weighted by molar-refractivity contribution is 7.91. The molecule has 1 aliphatic rings. The van der Waals surface area contributed by atoms with Crippen LogP contribution in [0, 0.1) is 6.92 Å². The first kappa shape index (κ1) is 14.2. The van der Waals surface area contributed by atoms with Crippen molar-refractivity contribution < 1.29 is 8.42 Å². The predicted octanol–water partition coefficient (Wildman–Crippen LogP) is 0.807. The second-order valence-electron chi connectivity index (χ2n) is 5.21. The lowest BCUT2D eigenvalue weighted by Gasteiger charge is -2.26. The van der Waals surface area contributed by atoms with Gasteiger partial charge in [0, 0.05) is 19.6 Å². The molecular formula is C12H22N4O2S. The number of aryl methyl sites for hydroxylation is 2. The molecule has 0 spiro atoms. The van der Waals surface area contributed by atoms with E-state index in [9.17, 15) is 8.42 Å². The highest BCUT2D eigenvalue weighted by Crippen LogP contribution is 2.30. The van der Waals surface area contributed by atoms with E-state index in [1.54, 1.807) is 0 Å². The molecule has 2 heterocycles.